The Bertz CT molecular complexity index is 836. The number of H-pyrrole nitrogens is 1. The van der Waals surface area contributed by atoms with Crippen molar-refractivity contribution in [1.82, 2.24) is 19.9 Å². The highest BCUT2D eigenvalue weighted by molar-refractivity contribution is 5.83. The number of nitrogens with zero attached hydrogens (tertiary/aromatic N) is 2. The van der Waals surface area contributed by atoms with E-state index in [2.05, 4.69) is 27.1 Å². The summed E-state index contributed by atoms with van der Waals surface area (Å²) in [5.41, 5.74) is 6.40. The molecule has 2 rings (SSSR count). The van der Waals surface area contributed by atoms with Crippen molar-refractivity contribution < 1.29 is 4.79 Å². The number of carbonyl (C=O) groups excluding carboxylic acids is 1. The van der Waals surface area contributed by atoms with Crippen LogP contribution in [0.25, 0.3) is 11.0 Å². The molecule has 0 aliphatic heterocycles. The van der Waals surface area contributed by atoms with Gasteiger partial charge < -0.3 is 15.6 Å². The first kappa shape index (κ1) is 16.6. The Hall–Kier alpha value is -2.75. The molecule has 0 saturated heterocycles. The second kappa shape index (κ2) is 7.01. The summed E-state index contributed by atoms with van der Waals surface area (Å²) in [7, 11) is 0. The maximum absolute atomic E-state index is 12.2. The summed E-state index contributed by atoms with van der Waals surface area (Å²) in [6.07, 6.45) is 3.07. The quantitative estimate of drug-likeness (QED) is 0.736. The normalized spacial score (nSPS) is 10.6. The summed E-state index contributed by atoms with van der Waals surface area (Å²) in [4.78, 5) is 30.2. The van der Waals surface area contributed by atoms with E-state index in [9.17, 15) is 9.59 Å². The van der Waals surface area contributed by atoms with E-state index in [0.29, 0.717) is 23.0 Å². The van der Waals surface area contributed by atoms with Crippen molar-refractivity contribution in [3.63, 3.8) is 0 Å². The van der Waals surface area contributed by atoms with Gasteiger partial charge in [0, 0.05) is 18.7 Å². The highest BCUT2D eigenvalue weighted by Gasteiger charge is 2.14. The van der Waals surface area contributed by atoms with Crippen LogP contribution in [0.2, 0.25) is 0 Å². The van der Waals surface area contributed by atoms with Gasteiger partial charge in [-0.15, -0.1) is 0 Å². The van der Waals surface area contributed by atoms with Crippen LogP contribution in [0.4, 0.5) is 5.95 Å². The van der Waals surface area contributed by atoms with Gasteiger partial charge in [-0.05, 0) is 20.3 Å². The zero-order valence-corrected chi connectivity index (χ0v) is 13.6. The molecule has 7 nitrogen and oxygen atoms in total. The van der Waals surface area contributed by atoms with E-state index in [1.165, 1.54) is 0 Å². The van der Waals surface area contributed by atoms with E-state index >= 15 is 0 Å². The van der Waals surface area contributed by atoms with Gasteiger partial charge in [-0.25, -0.2) is 0 Å². The monoisotopic (exact) mass is 315 g/mol. The average molecular weight is 315 g/mol. The summed E-state index contributed by atoms with van der Waals surface area (Å²) >= 11 is 0. The number of nitrogen functional groups attached to an aromatic ring is 1. The number of hydrogen-bond donors (Lipinski definition) is 3. The average Bonchev–Trinajstić information content (AvgIpc) is 2.83. The van der Waals surface area contributed by atoms with Crippen LogP contribution in [-0.4, -0.2) is 27.0 Å². The molecule has 0 unspecified atom stereocenters. The molecule has 2 aromatic heterocycles. The van der Waals surface area contributed by atoms with Crippen LogP contribution in [-0.2, 0) is 4.79 Å². The molecule has 0 bridgehead atoms. The topological polar surface area (TPSA) is 106 Å². The molecule has 0 radical (unpaired) electrons. The maximum Gasteiger partial charge on any atom is 0.263 e. The minimum atomic E-state index is -0.314. The number of aromatic nitrogens is 3. The second-order valence-corrected chi connectivity index (χ2v) is 5.52. The van der Waals surface area contributed by atoms with Crippen molar-refractivity contribution >= 4 is 22.9 Å². The fraction of sp³-hybridized carbons (Fsp3) is 0.438. The lowest BCUT2D eigenvalue weighted by Gasteiger charge is -2.07. The number of amides is 1. The molecule has 0 aliphatic rings. The van der Waals surface area contributed by atoms with Crippen LogP contribution in [0.1, 0.15) is 45.2 Å². The Kier molecular flexibility index (Phi) is 5.06. The fourth-order valence-electron chi connectivity index (χ4n) is 2.26. The Morgan fingerprint density at radius 1 is 1.52 bits per heavy atom. The minimum absolute atomic E-state index is 0.0290. The molecule has 0 spiro atoms. The lowest BCUT2D eigenvalue weighted by atomic mass is 10.2. The van der Waals surface area contributed by atoms with Crippen LogP contribution in [0.5, 0.6) is 0 Å². The molecule has 4 N–H and O–H groups in total. The number of anilines is 1. The molecular weight excluding hydrogens is 294 g/mol. The van der Waals surface area contributed by atoms with Crippen molar-refractivity contribution in [2.45, 2.75) is 39.7 Å². The molecule has 0 fully saturated rings. The van der Waals surface area contributed by atoms with E-state index in [4.69, 9.17) is 5.73 Å². The predicted molar refractivity (Wildman–Crippen MR) is 89.9 cm³/mol. The van der Waals surface area contributed by atoms with Gasteiger partial charge in [0.1, 0.15) is 0 Å². The third kappa shape index (κ3) is 3.72. The summed E-state index contributed by atoms with van der Waals surface area (Å²) in [6.45, 7) is 6.16. The lowest BCUT2D eigenvalue weighted by molar-refractivity contribution is -0.120. The number of rotatable bonds is 4. The SMILES string of the molecule is CCCC(=O)NCC#Cc1cn(C(C)C)c2nc(N)[nH]c(=O)c12. The van der Waals surface area contributed by atoms with Crippen molar-refractivity contribution in [3.8, 4) is 11.8 Å². The van der Waals surface area contributed by atoms with Crippen LogP contribution in [0, 0.1) is 11.8 Å². The molecule has 2 heterocycles. The van der Waals surface area contributed by atoms with Gasteiger partial charge in [0.05, 0.1) is 17.5 Å². The zero-order chi connectivity index (χ0) is 17.0. The number of carbonyl (C=O) groups is 1. The molecular formula is C16H21N5O2. The molecule has 0 aromatic carbocycles. The van der Waals surface area contributed by atoms with E-state index in [-0.39, 0.29) is 30.0 Å². The molecule has 2 aromatic rings. The molecule has 7 heteroatoms. The van der Waals surface area contributed by atoms with Gasteiger partial charge >= 0.3 is 0 Å². The molecule has 122 valence electrons. The van der Waals surface area contributed by atoms with Gasteiger partial charge in [-0.1, -0.05) is 18.8 Å². The first-order valence-corrected chi connectivity index (χ1v) is 7.60. The highest BCUT2D eigenvalue weighted by Crippen LogP contribution is 2.19. The molecule has 23 heavy (non-hydrogen) atoms. The number of nitrogens with one attached hydrogen (secondary N) is 2. The van der Waals surface area contributed by atoms with Crippen molar-refractivity contribution in [2.24, 2.45) is 0 Å². The van der Waals surface area contributed by atoms with Gasteiger partial charge in [0.25, 0.3) is 5.56 Å². The molecule has 0 atom stereocenters. The van der Waals surface area contributed by atoms with Gasteiger partial charge in [-0.2, -0.15) is 4.98 Å². The molecule has 0 aliphatic carbocycles. The number of fused-ring (bicyclic) bond motifs is 1. The number of nitrogens with two attached hydrogens (primary N) is 1. The summed E-state index contributed by atoms with van der Waals surface area (Å²) in [5, 5.41) is 3.13. The fourth-order valence-corrected chi connectivity index (χ4v) is 2.26. The minimum Gasteiger partial charge on any atom is -0.369 e. The van der Waals surface area contributed by atoms with Gasteiger partial charge in [0.2, 0.25) is 11.9 Å². The Balaban J connectivity index is 2.35. The van der Waals surface area contributed by atoms with Crippen molar-refractivity contribution in [1.29, 1.82) is 0 Å². The van der Waals surface area contributed by atoms with E-state index in [1.807, 2.05) is 25.3 Å². The van der Waals surface area contributed by atoms with Crippen LogP contribution < -0.4 is 16.6 Å². The summed E-state index contributed by atoms with van der Waals surface area (Å²) < 4.78 is 1.86. The standard InChI is InChI=1S/C16H21N5O2/c1-4-6-12(22)18-8-5-7-11-9-21(10(2)3)14-13(11)15(23)20-16(17)19-14/h9-10H,4,6,8H2,1-3H3,(H,18,22)(H3,17,19,20,23). The summed E-state index contributed by atoms with van der Waals surface area (Å²) in [5.74, 6) is 5.85. The van der Waals surface area contributed by atoms with Crippen molar-refractivity contribution in [3.05, 3.63) is 22.1 Å². The Morgan fingerprint density at radius 2 is 2.26 bits per heavy atom. The number of hydrogen-bond acceptors (Lipinski definition) is 4. The largest absolute Gasteiger partial charge is 0.369 e. The first-order chi connectivity index (χ1) is 10.9. The van der Waals surface area contributed by atoms with Crippen LogP contribution in [0.3, 0.4) is 0 Å². The van der Waals surface area contributed by atoms with Gasteiger partial charge in [0.15, 0.2) is 5.65 Å². The lowest BCUT2D eigenvalue weighted by Crippen LogP contribution is -2.22. The molecule has 1 amide bonds. The predicted octanol–water partition coefficient (Wildman–Crippen LogP) is 1.16. The Morgan fingerprint density at radius 3 is 2.91 bits per heavy atom. The third-order valence-corrected chi connectivity index (χ3v) is 3.33. The van der Waals surface area contributed by atoms with E-state index in [0.717, 1.165) is 6.42 Å². The first-order valence-electron chi connectivity index (χ1n) is 7.60. The van der Waals surface area contributed by atoms with Crippen LogP contribution in [0.15, 0.2) is 11.0 Å². The third-order valence-electron chi connectivity index (χ3n) is 3.33. The van der Waals surface area contributed by atoms with Gasteiger partial charge in [-0.3, -0.25) is 14.6 Å². The molecule has 0 saturated carbocycles. The van der Waals surface area contributed by atoms with E-state index in [1.54, 1.807) is 6.20 Å². The van der Waals surface area contributed by atoms with Crippen molar-refractivity contribution in [2.75, 3.05) is 12.3 Å². The summed E-state index contributed by atoms with van der Waals surface area (Å²) in [6, 6.07) is 0.117. The van der Waals surface area contributed by atoms with E-state index < -0.39 is 0 Å². The smallest absolute Gasteiger partial charge is 0.263 e. The van der Waals surface area contributed by atoms with Crippen LogP contribution >= 0.6 is 0 Å². The highest BCUT2D eigenvalue weighted by atomic mass is 16.1. The number of aromatic amines is 1. The Labute approximate surface area is 134 Å². The zero-order valence-electron chi connectivity index (χ0n) is 13.6. The maximum atomic E-state index is 12.2. The second-order valence-electron chi connectivity index (χ2n) is 5.52.